The molecular formula is C26H19FN2O4S3. The summed E-state index contributed by atoms with van der Waals surface area (Å²) < 4.78 is 67.1. The maximum absolute atomic E-state index is 13.6. The molecule has 1 aromatic heterocycles. The predicted molar refractivity (Wildman–Crippen MR) is 135 cm³/mol. The Morgan fingerprint density at radius 2 is 1.33 bits per heavy atom. The molecular weight excluding hydrogens is 519 g/mol. The van der Waals surface area contributed by atoms with Crippen LogP contribution in [0, 0.1) is 31.0 Å². The Morgan fingerprint density at radius 3 is 1.83 bits per heavy atom. The quantitative estimate of drug-likeness (QED) is 0.295. The molecule has 0 radical (unpaired) electrons. The van der Waals surface area contributed by atoms with Gasteiger partial charge >= 0.3 is 0 Å². The summed E-state index contributed by atoms with van der Waals surface area (Å²) in [5.41, 5.74) is 2.07. The third kappa shape index (κ3) is 4.99. The summed E-state index contributed by atoms with van der Waals surface area (Å²) in [5, 5.41) is 9.04. The van der Waals surface area contributed by atoms with E-state index in [2.05, 4.69) is 4.98 Å². The fraction of sp³-hybridized carbons (Fsp3) is 0.0769. The minimum atomic E-state index is -4.35. The van der Waals surface area contributed by atoms with Gasteiger partial charge < -0.3 is 0 Å². The van der Waals surface area contributed by atoms with Crippen molar-refractivity contribution in [2.45, 2.75) is 32.9 Å². The molecule has 0 aliphatic heterocycles. The van der Waals surface area contributed by atoms with Crippen molar-refractivity contribution in [2.75, 3.05) is 0 Å². The van der Waals surface area contributed by atoms with Crippen molar-refractivity contribution in [3.63, 3.8) is 0 Å². The van der Waals surface area contributed by atoms with E-state index in [9.17, 15) is 26.5 Å². The Balaban J connectivity index is 1.95. The highest BCUT2D eigenvalue weighted by atomic mass is 32.2. The number of allylic oxidation sites excluding steroid dienone is 1. The lowest BCUT2D eigenvalue weighted by Gasteiger charge is -2.07. The van der Waals surface area contributed by atoms with Gasteiger partial charge in [0.25, 0.3) is 0 Å². The first-order chi connectivity index (χ1) is 17.0. The standard InChI is InChI=1S/C26H19FN2O4S3/c1-17-3-11-22(12-4-17)35(30,31)25-26(36(32,33)23-13-5-18(2)6-14-23)34-24(29-25)20(16-28)15-19-7-9-21(27)10-8-19/h3-15H,1-2H3/b20-15+. The second kappa shape index (κ2) is 9.78. The highest BCUT2D eigenvalue weighted by Gasteiger charge is 2.34. The molecule has 0 aliphatic carbocycles. The molecule has 0 atom stereocenters. The topological polar surface area (TPSA) is 105 Å². The van der Waals surface area contributed by atoms with Crippen LogP contribution in [0.5, 0.6) is 0 Å². The van der Waals surface area contributed by atoms with Crippen LogP contribution in [0.3, 0.4) is 0 Å². The normalized spacial score (nSPS) is 12.3. The van der Waals surface area contributed by atoms with Crippen LogP contribution >= 0.6 is 11.3 Å². The Morgan fingerprint density at radius 1 is 0.833 bits per heavy atom. The largest absolute Gasteiger partial charge is 0.226 e. The first-order valence-electron chi connectivity index (χ1n) is 10.5. The fourth-order valence-corrected chi connectivity index (χ4v) is 8.19. The molecule has 0 N–H and O–H groups in total. The Hall–Kier alpha value is -3.65. The average molecular weight is 539 g/mol. The second-order valence-electron chi connectivity index (χ2n) is 7.97. The van der Waals surface area contributed by atoms with Gasteiger partial charge in [0.05, 0.1) is 15.4 Å². The number of nitriles is 1. The van der Waals surface area contributed by atoms with Crippen LogP contribution in [0.4, 0.5) is 4.39 Å². The zero-order valence-corrected chi connectivity index (χ0v) is 21.6. The summed E-state index contributed by atoms with van der Waals surface area (Å²) in [6.45, 7) is 3.60. The number of aryl methyl sites for hydroxylation is 2. The molecule has 1 heterocycles. The molecule has 0 bridgehead atoms. The molecule has 0 spiro atoms. The van der Waals surface area contributed by atoms with E-state index in [1.54, 1.807) is 38.1 Å². The number of nitrogens with zero attached hydrogens (tertiary/aromatic N) is 2. The van der Waals surface area contributed by atoms with E-state index in [1.165, 1.54) is 54.6 Å². The van der Waals surface area contributed by atoms with Crippen LogP contribution in [0.1, 0.15) is 21.7 Å². The Labute approximate surface area is 212 Å². The van der Waals surface area contributed by atoms with Crippen molar-refractivity contribution in [1.29, 1.82) is 5.26 Å². The Kier molecular flexibility index (Phi) is 6.91. The summed E-state index contributed by atoms with van der Waals surface area (Å²) in [6, 6.07) is 19.2. The molecule has 0 aliphatic rings. The van der Waals surface area contributed by atoms with Gasteiger partial charge in [-0.1, -0.05) is 58.9 Å². The zero-order valence-electron chi connectivity index (χ0n) is 19.1. The maximum Gasteiger partial charge on any atom is 0.226 e. The number of hydrogen-bond acceptors (Lipinski definition) is 7. The molecule has 0 fully saturated rings. The van der Waals surface area contributed by atoms with Gasteiger partial charge in [-0.05, 0) is 61.9 Å². The van der Waals surface area contributed by atoms with E-state index in [0.717, 1.165) is 11.1 Å². The number of sulfone groups is 2. The van der Waals surface area contributed by atoms with Gasteiger partial charge in [0.1, 0.15) is 16.9 Å². The van der Waals surface area contributed by atoms with Crippen molar-refractivity contribution in [3.8, 4) is 6.07 Å². The average Bonchev–Trinajstić information content (AvgIpc) is 3.31. The van der Waals surface area contributed by atoms with Crippen molar-refractivity contribution in [1.82, 2.24) is 4.98 Å². The summed E-state index contributed by atoms with van der Waals surface area (Å²) in [5.74, 6) is -0.460. The molecule has 0 unspecified atom stereocenters. The van der Waals surface area contributed by atoms with E-state index >= 15 is 0 Å². The van der Waals surface area contributed by atoms with E-state index < -0.39 is 34.7 Å². The van der Waals surface area contributed by atoms with Crippen molar-refractivity contribution >= 4 is 42.7 Å². The molecule has 182 valence electrons. The summed E-state index contributed by atoms with van der Waals surface area (Å²) >= 11 is 0.602. The second-order valence-corrected chi connectivity index (χ2v) is 13.0. The van der Waals surface area contributed by atoms with Crippen LogP contribution in [0.2, 0.25) is 0 Å². The molecule has 6 nitrogen and oxygen atoms in total. The lowest BCUT2D eigenvalue weighted by molar-refractivity contribution is 0.581. The summed E-state index contributed by atoms with van der Waals surface area (Å²) in [4.78, 5) is 3.95. The van der Waals surface area contributed by atoms with Gasteiger partial charge in [0, 0.05) is 0 Å². The SMILES string of the molecule is Cc1ccc(S(=O)(=O)c2nc(/C(C#N)=C/c3ccc(F)cc3)sc2S(=O)(=O)c2ccc(C)cc2)cc1. The fourth-order valence-electron chi connectivity index (χ4n) is 3.27. The molecule has 3 aromatic carbocycles. The van der Waals surface area contributed by atoms with Gasteiger partial charge in [0.15, 0.2) is 9.24 Å². The minimum absolute atomic E-state index is 0.0580. The highest BCUT2D eigenvalue weighted by molar-refractivity contribution is 7.96. The third-order valence-corrected chi connectivity index (χ3v) is 10.6. The van der Waals surface area contributed by atoms with E-state index in [-0.39, 0.29) is 20.4 Å². The van der Waals surface area contributed by atoms with Gasteiger partial charge in [-0.2, -0.15) is 5.26 Å². The maximum atomic E-state index is 13.6. The summed E-state index contributed by atoms with van der Waals surface area (Å²) in [7, 11) is -8.65. The number of rotatable bonds is 6. The zero-order chi connectivity index (χ0) is 26.1. The number of halogens is 1. The van der Waals surface area contributed by atoms with Gasteiger partial charge in [-0.15, -0.1) is 0 Å². The lowest BCUT2D eigenvalue weighted by Crippen LogP contribution is -2.09. The molecule has 0 saturated heterocycles. The molecule has 10 heteroatoms. The van der Waals surface area contributed by atoms with Crippen LogP contribution in [0.25, 0.3) is 11.6 Å². The molecule has 0 amide bonds. The van der Waals surface area contributed by atoms with Crippen molar-refractivity contribution < 1.29 is 21.2 Å². The third-order valence-electron chi connectivity index (χ3n) is 5.26. The molecule has 4 rings (SSSR count). The number of hydrogen-bond donors (Lipinski definition) is 0. The van der Waals surface area contributed by atoms with Crippen LogP contribution in [-0.4, -0.2) is 21.8 Å². The summed E-state index contributed by atoms with van der Waals surface area (Å²) in [6.07, 6.45) is 1.39. The van der Waals surface area contributed by atoms with Crippen LogP contribution in [0.15, 0.2) is 91.8 Å². The van der Waals surface area contributed by atoms with Crippen LogP contribution < -0.4 is 0 Å². The molecule has 36 heavy (non-hydrogen) atoms. The Bertz CT molecular complexity index is 1620. The molecule has 0 saturated carbocycles. The monoisotopic (exact) mass is 538 g/mol. The van der Waals surface area contributed by atoms with Crippen molar-refractivity contribution in [2.24, 2.45) is 0 Å². The van der Waals surface area contributed by atoms with E-state index in [4.69, 9.17) is 0 Å². The highest BCUT2D eigenvalue weighted by Crippen LogP contribution is 2.38. The first-order valence-corrected chi connectivity index (χ1v) is 14.3. The minimum Gasteiger partial charge on any atom is -0.222 e. The van der Waals surface area contributed by atoms with E-state index in [0.29, 0.717) is 16.9 Å². The predicted octanol–water partition coefficient (Wildman–Crippen LogP) is 5.63. The number of aromatic nitrogens is 1. The number of thiazole rings is 1. The number of benzene rings is 3. The smallest absolute Gasteiger partial charge is 0.222 e. The lowest BCUT2D eigenvalue weighted by atomic mass is 10.1. The van der Waals surface area contributed by atoms with Crippen LogP contribution in [-0.2, 0) is 19.7 Å². The van der Waals surface area contributed by atoms with Gasteiger partial charge in [-0.3, -0.25) is 0 Å². The van der Waals surface area contributed by atoms with E-state index in [1.807, 2.05) is 6.07 Å². The van der Waals surface area contributed by atoms with Gasteiger partial charge in [-0.25, -0.2) is 26.2 Å². The van der Waals surface area contributed by atoms with Gasteiger partial charge in [0.2, 0.25) is 19.7 Å². The molecule has 4 aromatic rings. The first kappa shape index (κ1) is 25.4. The van der Waals surface area contributed by atoms with Crippen molar-refractivity contribution in [3.05, 3.63) is 100 Å².